The van der Waals surface area contributed by atoms with Crippen molar-refractivity contribution in [2.45, 2.75) is 63.8 Å². The van der Waals surface area contributed by atoms with E-state index in [1.165, 1.54) is 0 Å². The van der Waals surface area contributed by atoms with Crippen LogP contribution in [0.4, 0.5) is 0 Å². The van der Waals surface area contributed by atoms with Gasteiger partial charge >= 0.3 is 0 Å². The third kappa shape index (κ3) is 3.43. The van der Waals surface area contributed by atoms with Crippen LogP contribution >= 0.6 is 0 Å². The maximum Gasteiger partial charge on any atom is 0.255 e. The molecule has 2 heterocycles. The molecule has 1 saturated heterocycles. The van der Waals surface area contributed by atoms with Gasteiger partial charge in [-0.25, -0.2) is 0 Å². The molecule has 2 aliphatic heterocycles. The number of carbonyl (C=O) groups is 3. The normalized spacial score (nSPS) is 27.7. The maximum atomic E-state index is 12.7. The van der Waals surface area contributed by atoms with E-state index in [4.69, 9.17) is 4.74 Å². The van der Waals surface area contributed by atoms with Crippen LogP contribution in [0.3, 0.4) is 0 Å². The first-order chi connectivity index (χ1) is 13.1. The number of piperidine rings is 1. The van der Waals surface area contributed by atoms with Crippen LogP contribution in [-0.4, -0.2) is 47.4 Å². The van der Waals surface area contributed by atoms with Gasteiger partial charge in [0.05, 0.1) is 0 Å². The van der Waals surface area contributed by atoms with Crippen LogP contribution < -0.4 is 15.4 Å². The Balaban J connectivity index is 1.48. The molecular formula is C20H25N3O4. The fourth-order valence-electron chi connectivity index (χ4n) is 4.36. The summed E-state index contributed by atoms with van der Waals surface area (Å²) in [6.07, 6.45) is 4.07. The van der Waals surface area contributed by atoms with Gasteiger partial charge in [0.1, 0.15) is 17.9 Å². The number of rotatable bonds is 5. The monoisotopic (exact) mass is 371 g/mol. The molecule has 0 aromatic heterocycles. The molecule has 2 N–H and O–H groups in total. The summed E-state index contributed by atoms with van der Waals surface area (Å²) in [5.74, 6) is -0.0508. The number of benzene rings is 1. The molecule has 2 fully saturated rings. The highest BCUT2D eigenvalue weighted by molar-refractivity contribution is 6.05. The van der Waals surface area contributed by atoms with E-state index in [1.54, 1.807) is 11.0 Å². The van der Waals surface area contributed by atoms with E-state index in [1.807, 2.05) is 12.1 Å². The first kappa shape index (κ1) is 18.0. The van der Waals surface area contributed by atoms with Crippen LogP contribution in [0.2, 0.25) is 0 Å². The molecule has 1 aromatic carbocycles. The lowest BCUT2D eigenvalue weighted by Crippen LogP contribution is -2.52. The Morgan fingerprint density at radius 3 is 2.85 bits per heavy atom. The Hall–Kier alpha value is -2.41. The van der Waals surface area contributed by atoms with Crippen molar-refractivity contribution in [1.82, 2.24) is 15.5 Å². The van der Waals surface area contributed by atoms with E-state index in [-0.39, 0.29) is 30.2 Å². The van der Waals surface area contributed by atoms with Crippen LogP contribution in [0.5, 0.6) is 5.75 Å². The Kier molecular flexibility index (Phi) is 4.86. The van der Waals surface area contributed by atoms with Crippen LogP contribution in [-0.2, 0) is 16.1 Å². The molecule has 4 rings (SSSR count). The van der Waals surface area contributed by atoms with Crippen molar-refractivity contribution < 1.29 is 19.1 Å². The van der Waals surface area contributed by atoms with Gasteiger partial charge in [-0.15, -0.1) is 0 Å². The summed E-state index contributed by atoms with van der Waals surface area (Å²) in [6.45, 7) is 3.39. The molecular weight excluding hydrogens is 346 g/mol. The van der Waals surface area contributed by atoms with Crippen molar-refractivity contribution in [3.8, 4) is 5.75 Å². The van der Waals surface area contributed by atoms with E-state index in [0.717, 1.165) is 37.1 Å². The molecule has 3 atom stereocenters. The van der Waals surface area contributed by atoms with E-state index >= 15 is 0 Å². The predicted molar refractivity (Wildman–Crippen MR) is 98.2 cm³/mol. The predicted octanol–water partition coefficient (Wildman–Crippen LogP) is 1.36. The fourth-order valence-corrected chi connectivity index (χ4v) is 4.36. The number of hydrogen-bond acceptors (Lipinski definition) is 5. The molecule has 1 unspecified atom stereocenters. The lowest BCUT2D eigenvalue weighted by Gasteiger charge is -2.29. The minimum Gasteiger partial charge on any atom is -0.489 e. The molecule has 3 aliphatic rings. The average Bonchev–Trinajstić information content (AvgIpc) is 3.20. The molecule has 7 heteroatoms. The first-order valence-electron chi connectivity index (χ1n) is 9.74. The molecule has 27 heavy (non-hydrogen) atoms. The third-order valence-corrected chi connectivity index (χ3v) is 5.70. The Morgan fingerprint density at radius 1 is 1.22 bits per heavy atom. The fraction of sp³-hybridized carbons (Fsp3) is 0.550. The molecule has 1 saturated carbocycles. The molecule has 144 valence electrons. The van der Waals surface area contributed by atoms with Crippen LogP contribution in [0.25, 0.3) is 0 Å². The Labute approximate surface area is 158 Å². The molecule has 0 bridgehead atoms. The number of likely N-dealkylation sites (N-methyl/N-ethyl adjacent to an activating group) is 1. The molecule has 3 amide bonds. The number of nitrogens with one attached hydrogen (secondary N) is 2. The topological polar surface area (TPSA) is 87.7 Å². The zero-order valence-corrected chi connectivity index (χ0v) is 15.5. The summed E-state index contributed by atoms with van der Waals surface area (Å²) >= 11 is 0. The van der Waals surface area contributed by atoms with Crippen molar-refractivity contribution in [3.63, 3.8) is 0 Å². The molecule has 1 aromatic rings. The summed E-state index contributed by atoms with van der Waals surface area (Å²) in [4.78, 5) is 37.8. The number of fused-ring (bicyclic) bond motifs is 1. The van der Waals surface area contributed by atoms with Gasteiger partial charge in [-0.05, 0) is 56.0 Å². The third-order valence-electron chi connectivity index (χ3n) is 5.70. The smallest absolute Gasteiger partial charge is 0.255 e. The number of nitrogens with zero attached hydrogens (tertiary/aromatic N) is 1. The number of imide groups is 1. The van der Waals surface area contributed by atoms with E-state index < -0.39 is 6.04 Å². The second kappa shape index (κ2) is 7.31. The van der Waals surface area contributed by atoms with Gasteiger partial charge in [0.15, 0.2) is 0 Å². The number of hydrogen-bond donors (Lipinski definition) is 2. The van der Waals surface area contributed by atoms with Crippen LogP contribution in [0.1, 0.15) is 54.9 Å². The van der Waals surface area contributed by atoms with Crippen molar-refractivity contribution >= 4 is 17.7 Å². The Bertz CT molecular complexity index is 778. The summed E-state index contributed by atoms with van der Waals surface area (Å²) in [5.41, 5.74) is 1.49. The zero-order chi connectivity index (χ0) is 19.0. The van der Waals surface area contributed by atoms with Crippen molar-refractivity contribution in [3.05, 3.63) is 29.3 Å². The van der Waals surface area contributed by atoms with Gasteiger partial charge < -0.3 is 15.0 Å². The van der Waals surface area contributed by atoms with E-state index in [2.05, 4.69) is 17.6 Å². The first-order valence-corrected chi connectivity index (χ1v) is 9.74. The lowest BCUT2D eigenvalue weighted by molar-refractivity contribution is -0.136. The number of carbonyl (C=O) groups excluding carboxylic acids is 3. The van der Waals surface area contributed by atoms with Gasteiger partial charge in [0.25, 0.3) is 5.91 Å². The van der Waals surface area contributed by atoms with E-state index in [9.17, 15) is 14.4 Å². The van der Waals surface area contributed by atoms with Gasteiger partial charge in [-0.3, -0.25) is 19.7 Å². The van der Waals surface area contributed by atoms with Gasteiger partial charge in [-0.1, -0.05) is 6.92 Å². The maximum absolute atomic E-state index is 12.7. The SMILES string of the molecule is CCN[C@H]1CCC[C@@H]1Oc1ccc2c(c1)CN(C1CCC(=O)NC1=O)C2=O. The van der Waals surface area contributed by atoms with Gasteiger partial charge in [-0.2, -0.15) is 0 Å². The second-order valence-electron chi connectivity index (χ2n) is 7.47. The highest BCUT2D eigenvalue weighted by atomic mass is 16.5. The van der Waals surface area contributed by atoms with Crippen molar-refractivity contribution in [1.29, 1.82) is 0 Å². The van der Waals surface area contributed by atoms with Gasteiger partial charge in [0.2, 0.25) is 11.8 Å². The summed E-state index contributed by atoms with van der Waals surface area (Å²) < 4.78 is 6.20. The summed E-state index contributed by atoms with van der Waals surface area (Å²) in [5, 5.41) is 5.80. The summed E-state index contributed by atoms with van der Waals surface area (Å²) in [6, 6.07) is 5.33. The highest BCUT2D eigenvalue weighted by Gasteiger charge is 2.39. The largest absolute Gasteiger partial charge is 0.489 e. The van der Waals surface area contributed by atoms with Crippen molar-refractivity contribution in [2.24, 2.45) is 0 Å². The highest BCUT2D eigenvalue weighted by Crippen LogP contribution is 2.32. The number of ether oxygens (including phenoxy) is 1. The molecule has 0 spiro atoms. The molecule has 0 radical (unpaired) electrons. The number of amides is 3. The van der Waals surface area contributed by atoms with Crippen LogP contribution in [0, 0.1) is 0 Å². The van der Waals surface area contributed by atoms with Gasteiger partial charge in [0, 0.05) is 24.6 Å². The lowest BCUT2D eigenvalue weighted by atomic mass is 10.0. The van der Waals surface area contributed by atoms with Crippen molar-refractivity contribution in [2.75, 3.05) is 6.54 Å². The summed E-state index contributed by atoms with van der Waals surface area (Å²) in [7, 11) is 0. The second-order valence-corrected chi connectivity index (χ2v) is 7.47. The minimum absolute atomic E-state index is 0.145. The van der Waals surface area contributed by atoms with E-state index in [0.29, 0.717) is 24.6 Å². The zero-order valence-electron chi connectivity index (χ0n) is 15.5. The average molecular weight is 371 g/mol. The molecule has 1 aliphatic carbocycles. The van der Waals surface area contributed by atoms with Crippen LogP contribution in [0.15, 0.2) is 18.2 Å². The standard InChI is InChI=1S/C20H25N3O4/c1-2-21-15-4-3-5-17(15)27-13-6-7-14-12(10-13)11-23(20(14)26)16-8-9-18(24)22-19(16)25/h6-7,10,15-17,21H,2-5,8-9,11H2,1H3,(H,22,24,25)/t15-,16?,17-/m0/s1. The Morgan fingerprint density at radius 2 is 2.07 bits per heavy atom. The minimum atomic E-state index is -0.583. The molecule has 7 nitrogen and oxygen atoms in total. The quantitative estimate of drug-likeness (QED) is 0.763.